The van der Waals surface area contributed by atoms with E-state index in [9.17, 15) is 0 Å². The van der Waals surface area contributed by atoms with Crippen LogP contribution in [-0.4, -0.2) is 33.8 Å². The van der Waals surface area contributed by atoms with E-state index < -0.39 is 0 Å². The Balaban J connectivity index is 2.11. The van der Waals surface area contributed by atoms with E-state index in [-0.39, 0.29) is 0 Å². The normalized spacial score (nSPS) is 24.6. The number of aromatic nitrogens is 2. The zero-order valence-electron chi connectivity index (χ0n) is 10.5. The number of likely N-dealkylation sites (tertiary alicyclic amines) is 1. The van der Waals surface area contributed by atoms with E-state index in [1.54, 1.807) is 0 Å². The molecule has 0 amide bonds. The molecule has 0 spiro atoms. The predicted octanol–water partition coefficient (Wildman–Crippen LogP) is 1.21. The Morgan fingerprint density at radius 3 is 2.88 bits per heavy atom. The summed E-state index contributed by atoms with van der Waals surface area (Å²) in [5.74, 6) is 0. The molecule has 2 N–H and O–H groups in total. The molecule has 2 atom stereocenters. The molecule has 90 valence electrons. The van der Waals surface area contributed by atoms with E-state index >= 15 is 0 Å². The maximum atomic E-state index is 6.02. The largest absolute Gasteiger partial charge is 0.327 e. The first kappa shape index (κ1) is 11.6. The van der Waals surface area contributed by atoms with Crippen LogP contribution in [0.2, 0.25) is 0 Å². The van der Waals surface area contributed by atoms with Crippen LogP contribution < -0.4 is 5.73 Å². The Labute approximate surface area is 97.4 Å². The third-order valence-electron chi connectivity index (χ3n) is 3.54. The number of rotatable bonds is 2. The first-order valence-electron chi connectivity index (χ1n) is 6.07. The van der Waals surface area contributed by atoms with Crippen molar-refractivity contribution in [1.82, 2.24) is 14.7 Å². The van der Waals surface area contributed by atoms with Crippen LogP contribution in [-0.2, 0) is 7.05 Å². The predicted molar refractivity (Wildman–Crippen MR) is 65.1 cm³/mol. The first-order valence-corrected chi connectivity index (χ1v) is 6.07. The lowest BCUT2D eigenvalue weighted by atomic mass is 10.0. The van der Waals surface area contributed by atoms with Crippen molar-refractivity contribution in [3.63, 3.8) is 0 Å². The van der Waals surface area contributed by atoms with Gasteiger partial charge in [-0.2, -0.15) is 5.10 Å². The molecule has 1 aliphatic heterocycles. The van der Waals surface area contributed by atoms with Crippen LogP contribution in [0.25, 0.3) is 0 Å². The van der Waals surface area contributed by atoms with Gasteiger partial charge in [-0.1, -0.05) is 0 Å². The molecule has 1 aromatic rings. The fraction of sp³-hybridized carbons (Fsp3) is 0.750. The van der Waals surface area contributed by atoms with E-state index in [0.29, 0.717) is 12.1 Å². The van der Waals surface area contributed by atoms with Crippen molar-refractivity contribution < 1.29 is 0 Å². The van der Waals surface area contributed by atoms with Gasteiger partial charge in [0.25, 0.3) is 0 Å². The molecular weight excluding hydrogens is 200 g/mol. The second-order valence-electron chi connectivity index (χ2n) is 4.92. The summed E-state index contributed by atoms with van der Waals surface area (Å²) in [6.45, 7) is 6.50. The number of hydrogen-bond acceptors (Lipinski definition) is 3. The van der Waals surface area contributed by atoms with Crippen LogP contribution >= 0.6 is 0 Å². The molecule has 1 saturated heterocycles. The highest BCUT2D eigenvalue weighted by molar-refractivity contribution is 5.19. The molecule has 2 heterocycles. The monoisotopic (exact) mass is 222 g/mol. The zero-order valence-corrected chi connectivity index (χ0v) is 10.5. The van der Waals surface area contributed by atoms with Crippen LogP contribution in [0.4, 0.5) is 0 Å². The first-order chi connectivity index (χ1) is 7.58. The molecule has 2 rings (SSSR count). The Morgan fingerprint density at radius 2 is 2.31 bits per heavy atom. The zero-order chi connectivity index (χ0) is 11.7. The van der Waals surface area contributed by atoms with Gasteiger partial charge in [0, 0.05) is 37.4 Å². The summed E-state index contributed by atoms with van der Waals surface area (Å²) >= 11 is 0. The van der Waals surface area contributed by atoms with Crippen LogP contribution in [0.15, 0.2) is 6.20 Å². The standard InChI is InChI=1S/C12H22N4/c1-9-12(8-15(3)14-9)10(2)16-6-4-5-11(13)7-16/h8,10-11H,4-7,13H2,1-3H3. The molecule has 2 unspecified atom stereocenters. The maximum absolute atomic E-state index is 6.02. The van der Waals surface area contributed by atoms with Gasteiger partial charge < -0.3 is 5.73 Å². The molecule has 0 aromatic carbocycles. The van der Waals surface area contributed by atoms with Crippen molar-refractivity contribution in [2.75, 3.05) is 13.1 Å². The summed E-state index contributed by atoms with van der Waals surface area (Å²) in [4.78, 5) is 2.47. The van der Waals surface area contributed by atoms with E-state index in [1.165, 1.54) is 12.0 Å². The number of piperidine rings is 1. The fourth-order valence-electron chi connectivity index (χ4n) is 2.62. The van der Waals surface area contributed by atoms with Gasteiger partial charge in [-0.05, 0) is 33.2 Å². The Hall–Kier alpha value is -0.870. The highest BCUT2D eigenvalue weighted by atomic mass is 15.3. The summed E-state index contributed by atoms with van der Waals surface area (Å²) in [6.07, 6.45) is 4.50. The number of hydrogen-bond donors (Lipinski definition) is 1. The third kappa shape index (κ3) is 2.28. The van der Waals surface area contributed by atoms with Gasteiger partial charge >= 0.3 is 0 Å². The lowest BCUT2D eigenvalue weighted by Crippen LogP contribution is -2.43. The number of aryl methyl sites for hydroxylation is 2. The van der Waals surface area contributed by atoms with Gasteiger partial charge in [-0.15, -0.1) is 0 Å². The fourth-order valence-corrected chi connectivity index (χ4v) is 2.62. The molecule has 0 bridgehead atoms. The molecule has 1 fully saturated rings. The maximum Gasteiger partial charge on any atom is 0.0641 e. The minimum absolute atomic E-state index is 0.341. The van der Waals surface area contributed by atoms with Gasteiger partial charge in [0.05, 0.1) is 5.69 Å². The molecule has 4 nitrogen and oxygen atoms in total. The lowest BCUT2D eigenvalue weighted by molar-refractivity contribution is 0.159. The van der Waals surface area contributed by atoms with Gasteiger partial charge in [-0.3, -0.25) is 9.58 Å². The van der Waals surface area contributed by atoms with Crippen LogP contribution in [0.5, 0.6) is 0 Å². The van der Waals surface area contributed by atoms with Crippen molar-refractivity contribution in [1.29, 1.82) is 0 Å². The smallest absolute Gasteiger partial charge is 0.0641 e. The molecule has 0 aliphatic carbocycles. The highest BCUT2D eigenvalue weighted by Crippen LogP contribution is 2.25. The van der Waals surface area contributed by atoms with Crippen LogP contribution in [0, 0.1) is 6.92 Å². The van der Waals surface area contributed by atoms with Crippen LogP contribution in [0.1, 0.15) is 37.1 Å². The van der Waals surface area contributed by atoms with Crippen LogP contribution in [0.3, 0.4) is 0 Å². The summed E-state index contributed by atoms with van der Waals surface area (Å²) < 4.78 is 1.89. The molecule has 1 aromatic heterocycles. The van der Waals surface area contributed by atoms with Gasteiger partial charge in [0.2, 0.25) is 0 Å². The Kier molecular flexibility index (Phi) is 3.30. The second kappa shape index (κ2) is 4.55. The SMILES string of the molecule is Cc1nn(C)cc1C(C)N1CCCC(N)C1. The minimum atomic E-state index is 0.341. The molecule has 1 aliphatic rings. The van der Waals surface area contributed by atoms with E-state index in [0.717, 1.165) is 25.2 Å². The minimum Gasteiger partial charge on any atom is -0.327 e. The Bertz CT molecular complexity index is 358. The summed E-state index contributed by atoms with van der Waals surface area (Å²) in [5.41, 5.74) is 8.49. The molecular formula is C12H22N4. The molecule has 16 heavy (non-hydrogen) atoms. The topological polar surface area (TPSA) is 47.1 Å². The van der Waals surface area contributed by atoms with Crippen molar-refractivity contribution >= 4 is 0 Å². The van der Waals surface area contributed by atoms with Gasteiger partial charge in [-0.25, -0.2) is 0 Å². The second-order valence-corrected chi connectivity index (χ2v) is 4.92. The summed E-state index contributed by atoms with van der Waals surface area (Å²) in [7, 11) is 1.98. The van der Waals surface area contributed by atoms with Gasteiger partial charge in [0.1, 0.15) is 0 Å². The van der Waals surface area contributed by atoms with Crippen molar-refractivity contribution in [2.45, 2.75) is 38.8 Å². The number of nitrogens with two attached hydrogens (primary N) is 1. The molecule has 0 saturated carbocycles. The van der Waals surface area contributed by atoms with Crippen molar-refractivity contribution in [3.05, 3.63) is 17.5 Å². The molecule has 0 radical (unpaired) electrons. The van der Waals surface area contributed by atoms with Gasteiger partial charge in [0.15, 0.2) is 0 Å². The average Bonchev–Trinajstić information content (AvgIpc) is 2.57. The van der Waals surface area contributed by atoms with E-state index in [4.69, 9.17) is 5.73 Å². The Morgan fingerprint density at radius 1 is 1.56 bits per heavy atom. The summed E-state index contributed by atoms with van der Waals surface area (Å²) in [5, 5.41) is 4.40. The molecule has 4 heteroatoms. The quantitative estimate of drug-likeness (QED) is 0.818. The summed E-state index contributed by atoms with van der Waals surface area (Å²) in [6, 6.07) is 0.772. The van der Waals surface area contributed by atoms with Crippen molar-refractivity contribution in [2.24, 2.45) is 12.8 Å². The van der Waals surface area contributed by atoms with Crippen molar-refractivity contribution in [3.8, 4) is 0 Å². The number of nitrogens with zero attached hydrogens (tertiary/aromatic N) is 3. The van der Waals surface area contributed by atoms with E-state index in [1.807, 2.05) is 11.7 Å². The average molecular weight is 222 g/mol. The lowest BCUT2D eigenvalue weighted by Gasteiger charge is -2.35. The van der Waals surface area contributed by atoms with E-state index in [2.05, 4.69) is 30.0 Å². The third-order valence-corrected chi connectivity index (χ3v) is 3.54. The highest BCUT2D eigenvalue weighted by Gasteiger charge is 2.24.